The van der Waals surface area contributed by atoms with Gasteiger partial charge in [0.15, 0.2) is 0 Å². The van der Waals surface area contributed by atoms with E-state index in [1.54, 1.807) is 0 Å². The van der Waals surface area contributed by atoms with Gasteiger partial charge in [-0.25, -0.2) is 9.97 Å². The summed E-state index contributed by atoms with van der Waals surface area (Å²) >= 11 is 6.14. The van der Waals surface area contributed by atoms with Gasteiger partial charge in [-0.15, -0.1) is 0 Å². The standard InChI is InChI=1S/C14H22ClN3O2/c1-4-5-11-17-12(15)9(2)13(18-11)16-8-14(19)6-7-20-10(14)3/h10,19H,4-8H2,1-3H3,(H,16,17,18). The van der Waals surface area contributed by atoms with Crippen LogP contribution in [0, 0.1) is 6.92 Å². The first kappa shape index (κ1) is 15.5. The van der Waals surface area contributed by atoms with Gasteiger partial charge in [0.05, 0.1) is 6.10 Å². The third-order valence-electron chi connectivity index (χ3n) is 3.83. The highest BCUT2D eigenvalue weighted by Gasteiger charge is 2.39. The van der Waals surface area contributed by atoms with E-state index in [2.05, 4.69) is 22.2 Å². The quantitative estimate of drug-likeness (QED) is 0.817. The van der Waals surface area contributed by atoms with Crippen molar-refractivity contribution in [3.63, 3.8) is 0 Å². The fourth-order valence-corrected chi connectivity index (χ4v) is 2.47. The Hall–Kier alpha value is -0.910. The van der Waals surface area contributed by atoms with Crippen molar-refractivity contribution in [3.05, 3.63) is 16.5 Å². The van der Waals surface area contributed by atoms with Gasteiger partial charge in [-0.2, -0.15) is 0 Å². The SMILES string of the molecule is CCCc1nc(Cl)c(C)c(NCC2(O)CCOC2C)n1. The first-order chi connectivity index (χ1) is 9.46. The molecule has 1 fully saturated rings. The van der Waals surface area contributed by atoms with Crippen molar-refractivity contribution >= 4 is 17.4 Å². The van der Waals surface area contributed by atoms with Crippen molar-refractivity contribution in [2.75, 3.05) is 18.5 Å². The molecule has 2 rings (SSSR count). The summed E-state index contributed by atoms with van der Waals surface area (Å²) in [6, 6.07) is 0. The summed E-state index contributed by atoms with van der Waals surface area (Å²) in [6.45, 7) is 6.82. The molecule has 2 heterocycles. The van der Waals surface area contributed by atoms with Crippen LogP contribution in [0.25, 0.3) is 0 Å². The zero-order chi connectivity index (χ0) is 14.8. The van der Waals surface area contributed by atoms with E-state index in [9.17, 15) is 5.11 Å². The van der Waals surface area contributed by atoms with Gasteiger partial charge in [-0.05, 0) is 20.3 Å². The van der Waals surface area contributed by atoms with Crippen LogP contribution in [0.3, 0.4) is 0 Å². The Labute approximate surface area is 124 Å². The minimum atomic E-state index is -0.852. The minimum absolute atomic E-state index is 0.178. The van der Waals surface area contributed by atoms with Gasteiger partial charge in [-0.3, -0.25) is 0 Å². The van der Waals surface area contributed by atoms with Gasteiger partial charge in [0.1, 0.15) is 22.4 Å². The lowest BCUT2D eigenvalue weighted by Gasteiger charge is -2.26. The molecule has 1 aromatic heterocycles. The van der Waals surface area contributed by atoms with Crippen LogP contribution in [0.1, 0.15) is 38.1 Å². The maximum absolute atomic E-state index is 10.5. The van der Waals surface area contributed by atoms with Crippen LogP contribution >= 0.6 is 11.6 Å². The molecule has 0 amide bonds. The molecule has 0 radical (unpaired) electrons. The molecular weight excluding hydrogens is 278 g/mol. The van der Waals surface area contributed by atoms with E-state index in [0.29, 0.717) is 30.5 Å². The average molecular weight is 300 g/mol. The second-order valence-electron chi connectivity index (χ2n) is 5.37. The molecule has 1 aromatic rings. The lowest BCUT2D eigenvalue weighted by molar-refractivity contribution is -0.0176. The second-order valence-corrected chi connectivity index (χ2v) is 5.73. The Morgan fingerprint density at radius 1 is 1.50 bits per heavy atom. The number of hydrogen-bond acceptors (Lipinski definition) is 5. The van der Waals surface area contributed by atoms with E-state index in [1.807, 2.05) is 13.8 Å². The summed E-state index contributed by atoms with van der Waals surface area (Å²) in [7, 11) is 0. The summed E-state index contributed by atoms with van der Waals surface area (Å²) in [6.07, 6.45) is 2.20. The van der Waals surface area contributed by atoms with Gasteiger partial charge in [-0.1, -0.05) is 18.5 Å². The molecule has 0 saturated carbocycles. The highest BCUT2D eigenvalue weighted by atomic mass is 35.5. The van der Waals surface area contributed by atoms with Gasteiger partial charge >= 0.3 is 0 Å². The van der Waals surface area contributed by atoms with Crippen LogP contribution in [-0.2, 0) is 11.2 Å². The highest BCUT2D eigenvalue weighted by molar-refractivity contribution is 6.30. The summed E-state index contributed by atoms with van der Waals surface area (Å²) in [4.78, 5) is 8.74. The van der Waals surface area contributed by atoms with Crippen molar-refractivity contribution in [2.45, 2.75) is 51.7 Å². The number of nitrogens with one attached hydrogen (secondary N) is 1. The summed E-state index contributed by atoms with van der Waals surface area (Å²) in [5.74, 6) is 1.43. The topological polar surface area (TPSA) is 67.3 Å². The van der Waals surface area contributed by atoms with Crippen LogP contribution < -0.4 is 5.32 Å². The van der Waals surface area contributed by atoms with Crippen LogP contribution in [0.4, 0.5) is 5.82 Å². The Morgan fingerprint density at radius 2 is 2.25 bits per heavy atom. The summed E-state index contributed by atoms with van der Waals surface area (Å²) in [5.41, 5.74) is -0.0453. The number of hydrogen-bond donors (Lipinski definition) is 2. The first-order valence-corrected chi connectivity index (χ1v) is 7.45. The lowest BCUT2D eigenvalue weighted by atomic mass is 9.97. The van der Waals surface area contributed by atoms with E-state index in [1.165, 1.54) is 0 Å². The van der Waals surface area contributed by atoms with Gasteiger partial charge < -0.3 is 15.2 Å². The molecule has 2 atom stereocenters. The minimum Gasteiger partial charge on any atom is -0.385 e. The highest BCUT2D eigenvalue weighted by Crippen LogP contribution is 2.27. The van der Waals surface area contributed by atoms with Crippen molar-refractivity contribution in [1.29, 1.82) is 0 Å². The van der Waals surface area contributed by atoms with Crippen LogP contribution in [0.5, 0.6) is 0 Å². The Bertz CT molecular complexity index is 484. The normalized spacial score (nSPS) is 25.9. The predicted molar refractivity (Wildman–Crippen MR) is 79.2 cm³/mol. The molecule has 0 aromatic carbocycles. The third kappa shape index (κ3) is 3.22. The number of rotatable bonds is 5. The molecule has 5 nitrogen and oxygen atoms in total. The predicted octanol–water partition coefficient (Wildman–Crippen LogP) is 2.34. The third-order valence-corrected chi connectivity index (χ3v) is 4.20. The fourth-order valence-electron chi connectivity index (χ4n) is 2.28. The van der Waals surface area contributed by atoms with Gasteiger partial charge in [0.25, 0.3) is 0 Å². The van der Waals surface area contributed by atoms with Gasteiger partial charge in [0.2, 0.25) is 0 Å². The number of nitrogens with zero attached hydrogens (tertiary/aromatic N) is 2. The molecule has 0 bridgehead atoms. The molecule has 6 heteroatoms. The number of halogens is 1. The first-order valence-electron chi connectivity index (χ1n) is 7.07. The van der Waals surface area contributed by atoms with Crippen LogP contribution in [0.2, 0.25) is 5.15 Å². The monoisotopic (exact) mass is 299 g/mol. The summed E-state index contributed by atoms with van der Waals surface area (Å²) < 4.78 is 5.42. The molecule has 0 aliphatic carbocycles. The van der Waals surface area contributed by atoms with E-state index in [-0.39, 0.29) is 6.10 Å². The zero-order valence-corrected chi connectivity index (χ0v) is 13.0. The average Bonchev–Trinajstić information content (AvgIpc) is 2.73. The molecule has 2 unspecified atom stereocenters. The molecule has 0 spiro atoms. The van der Waals surface area contributed by atoms with E-state index < -0.39 is 5.60 Å². The van der Waals surface area contributed by atoms with Crippen molar-refractivity contribution in [2.24, 2.45) is 0 Å². The van der Waals surface area contributed by atoms with Crippen molar-refractivity contribution in [1.82, 2.24) is 9.97 Å². The molecule has 1 saturated heterocycles. The fraction of sp³-hybridized carbons (Fsp3) is 0.714. The van der Waals surface area contributed by atoms with Crippen molar-refractivity contribution in [3.8, 4) is 0 Å². The Kier molecular flexibility index (Phi) is 4.83. The Morgan fingerprint density at radius 3 is 2.85 bits per heavy atom. The number of aryl methyl sites for hydroxylation is 1. The number of anilines is 1. The largest absolute Gasteiger partial charge is 0.385 e. The molecule has 2 N–H and O–H groups in total. The molecule has 1 aliphatic rings. The maximum Gasteiger partial charge on any atom is 0.137 e. The maximum atomic E-state index is 10.5. The molecule has 1 aliphatic heterocycles. The Balaban J connectivity index is 2.12. The van der Waals surface area contributed by atoms with Gasteiger partial charge in [0, 0.05) is 31.6 Å². The van der Waals surface area contributed by atoms with E-state index in [4.69, 9.17) is 16.3 Å². The second kappa shape index (κ2) is 6.24. The lowest BCUT2D eigenvalue weighted by Crippen LogP contribution is -2.43. The smallest absolute Gasteiger partial charge is 0.137 e. The molecular formula is C14H22ClN3O2. The number of aromatic nitrogens is 2. The summed E-state index contributed by atoms with van der Waals surface area (Å²) in [5, 5.41) is 14.2. The number of ether oxygens (including phenoxy) is 1. The van der Waals surface area contributed by atoms with E-state index >= 15 is 0 Å². The van der Waals surface area contributed by atoms with Crippen LogP contribution in [-0.4, -0.2) is 39.9 Å². The molecule has 20 heavy (non-hydrogen) atoms. The van der Waals surface area contributed by atoms with E-state index in [0.717, 1.165) is 24.2 Å². The van der Waals surface area contributed by atoms with Crippen LogP contribution in [0.15, 0.2) is 0 Å². The number of aliphatic hydroxyl groups is 1. The van der Waals surface area contributed by atoms with Crippen molar-refractivity contribution < 1.29 is 9.84 Å². The molecule has 112 valence electrons. The zero-order valence-electron chi connectivity index (χ0n) is 12.2.